The second-order valence-corrected chi connectivity index (χ2v) is 5.83. The highest BCUT2D eigenvalue weighted by atomic mass is 79.9. The maximum Gasteiger partial charge on any atom is 0.265 e. The Balaban J connectivity index is 2.03. The SMILES string of the molecule is CN(Cc1cnn(C)c1)Cc1ccc(C(=O)NN)cc1Br. The molecule has 0 radical (unpaired) electrons. The molecule has 0 aliphatic carbocycles. The Bertz CT molecular complexity index is 640. The van der Waals surface area contributed by atoms with Gasteiger partial charge in [-0.3, -0.25) is 19.8 Å². The molecule has 0 spiro atoms. The van der Waals surface area contributed by atoms with Crippen LogP contribution in [0.25, 0.3) is 0 Å². The Hall–Kier alpha value is -1.70. The van der Waals surface area contributed by atoms with Crippen molar-refractivity contribution in [3.05, 3.63) is 51.8 Å². The summed E-state index contributed by atoms with van der Waals surface area (Å²) in [4.78, 5) is 13.6. The molecular formula is C14H18BrN5O. The number of benzene rings is 1. The zero-order valence-electron chi connectivity index (χ0n) is 12.0. The molecule has 6 nitrogen and oxygen atoms in total. The Labute approximate surface area is 132 Å². The molecule has 7 heteroatoms. The van der Waals surface area contributed by atoms with E-state index >= 15 is 0 Å². The van der Waals surface area contributed by atoms with Gasteiger partial charge in [0.15, 0.2) is 0 Å². The van der Waals surface area contributed by atoms with Crippen LogP contribution in [0.3, 0.4) is 0 Å². The summed E-state index contributed by atoms with van der Waals surface area (Å²) >= 11 is 3.50. The number of rotatable bonds is 5. The molecule has 0 unspecified atom stereocenters. The normalized spacial score (nSPS) is 10.9. The van der Waals surface area contributed by atoms with Crippen molar-refractivity contribution in [3.8, 4) is 0 Å². The summed E-state index contributed by atoms with van der Waals surface area (Å²) in [5.41, 5.74) is 4.92. The highest BCUT2D eigenvalue weighted by Crippen LogP contribution is 2.20. The number of nitrogens with zero attached hydrogens (tertiary/aromatic N) is 3. The van der Waals surface area contributed by atoms with Crippen molar-refractivity contribution in [3.63, 3.8) is 0 Å². The predicted octanol–water partition coefficient (Wildman–Crippen LogP) is 1.42. The minimum Gasteiger partial charge on any atom is -0.298 e. The number of aromatic nitrogens is 2. The maximum absolute atomic E-state index is 11.5. The van der Waals surface area contributed by atoms with Crippen LogP contribution in [0.4, 0.5) is 0 Å². The molecule has 1 heterocycles. The molecular weight excluding hydrogens is 334 g/mol. The van der Waals surface area contributed by atoms with E-state index in [0.717, 1.165) is 28.7 Å². The summed E-state index contributed by atoms with van der Waals surface area (Å²) < 4.78 is 2.68. The van der Waals surface area contributed by atoms with E-state index in [2.05, 4.69) is 31.4 Å². The van der Waals surface area contributed by atoms with E-state index in [1.807, 2.05) is 32.6 Å². The average Bonchev–Trinajstić information content (AvgIpc) is 2.85. The van der Waals surface area contributed by atoms with Crippen LogP contribution < -0.4 is 11.3 Å². The first kappa shape index (κ1) is 15.7. The fourth-order valence-electron chi connectivity index (χ4n) is 2.11. The molecule has 0 aliphatic rings. The van der Waals surface area contributed by atoms with E-state index in [1.165, 1.54) is 0 Å². The lowest BCUT2D eigenvalue weighted by Crippen LogP contribution is -2.30. The van der Waals surface area contributed by atoms with Gasteiger partial charge in [-0.25, -0.2) is 5.84 Å². The second-order valence-electron chi connectivity index (χ2n) is 4.97. The fourth-order valence-corrected chi connectivity index (χ4v) is 2.62. The van der Waals surface area contributed by atoms with Crippen LogP contribution in [-0.2, 0) is 20.1 Å². The zero-order chi connectivity index (χ0) is 15.4. The third kappa shape index (κ3) is 4.13. The Morgan fingerprint density at radius 3 is 2.81 bits per heavy atom. The number of hydrazine groups is 1. The lowest BCUT2D eigenvalue weighted by molar-refractivity contribution is 0.0953. The van der Waals surface area contributed by atoms with Crippen LogP contribution in [-0.4, -0.2) is 27.6 Å². The van der Waals surface area contributed by atoms with Crippen LogP contribution in [0.5, 0.6) is 0 Å². The number of hydrogen-bond donors (Lipinski definition) is 2. The van der Waals surface area contributed by atoms with Crippen molar-refractivity contribution in [2.45, 2.75) is 13.1 Å². The number of carbonyl (C=O) groups is 1. The average molecular weight is 352 g/mol. The standard InChI is InChI=1S/C14H18BrN5O/c1-19(7-10-6-17-20(2)8-10)9-12-4-3-11(5-13(12)15)14(21)18-16/h3-6,8H,7,9,16H2,1-2H3,(H,18,21). The second kappa shape index (κ2) is 6.84. The lowest BCUT2D eigenvalue weighted by atomic mass is 10.1. The van der Waals surface area contributed by atoms with Gasteiger partial charge < -0.3 is 0 Å². The van der Waals surface area contributed by atoms with Crippen LogP contribution in [0.2, 0.25) is 0 Å². The number of aryl methyl sites for hydroxylation is 1. The number of nitrogen functional groups attached to an aromatic ring is 1. The summed E-state index contributed by atoms with van der Waals surface area (Å²) in [6.07, 6.45) is 3.86. The Kier molecular flexibility index (Phi) is 5.11. The van der Waals surface area contributed by atoms with E-state index in [9.17, 15) is 4.79 Å². The summed E-state index contributed by atoms with van der Waals surface area (Å²) in [6, 6.07) is 5.46. The van der Waals surface area contributed by atoms with Gasteiger partial charge in [-0.2, -0.15) is 5.10 Å². The summed E-state index contributed by atoms with van der Waals surface area (Å²) in [5, 5.41) is 4.16. The van der Waals surface area contributed by atoms with Crippen molar-refractivity contribution >= 4 is 21.8 Å². The number of nitrogens with one attached hydrogen (secondary N) is 1. The number of hydrogen-bond acceptors (Lipinski definition) is 4. The van der Waals surface area contributed by atoms with Gasteiger partial charge in [0.1, 0.15) is 0 Å². The van der Waals surface area contributed by atoms with Crippen molar-refractivity contribution < 1.29 is 4.79 Å². The Morgan fingerprint density at radius 2 is 2.24 bits per heavy atom. The minimum absolute atomic E-state index is 0.300. The third-order valence-corrected chi connectivity index (χ3v) is 3.84. The monoisotopic (exact) mass is 351 g/mol. The topological polar surface area (TPSA) is 76.2 Å². The molecule has 112 valence electrons. The number of amides is 1. The molecule has 21 heavy (non-hydrogen) atoms. The predicted molar refractivity (Wildman–Crippen MR) is 84.2 cm³/mol. The number of halogens is 1. The zero-order valence-corrected chi connectivity index (χ0v) is 13.6. The van der Waals surface area contributed by atoms with Crippen molar-refractivity contribution in [1.82, 2.24) is 20.1 Å². The molecule has 2 aromatic rings. The smallest absolute Gasteiger partial charge is 0.265 e. The number of nitrogens with two attached hydrogens (primary N) is 1. The first-order chi connectivity index (χ1) is 9.99. The van der Waals surface area contributed by atoms with Gasteiger partial charge in [-0.1, -0.05) is 22.0 Å². The first-order valence-electron chi connectivity index (χ1n) is 6.45. The van der Waals surface area contributed by atoms with E-state index < -0.39 is 0 Å². The van der Waals surface area contributed by atoms with Crippen molar-refractivity contribution in [2.75, 3.05) is 7.05 Å². The molecule has 1 aromatic heterocycles. The van der Waals surface area contributed by atoms with E-state index in [0.29, 0.717) is 5.56 Å². The van der Waals surface area contributed by atoms with Gasteiger partial charge in [0.2, 0.25) is 0 Å². The molecule has 0 fully saturated rings. The summed E-state index contributed by atoms with van der Waals surface area (Å²) in [7, 11) is 3.95. The maximum atomic E-state index is 11.5. The highest BCUT2D eigenvalue weighted by Gasteiger charge is 2.09. The molecule has 0 saturated heterocycles. The Morgan fingerprint density at radius 1 is 1.48 bits per heavy atom. The van der Waals surface area contributed by atoms with Gasteiger partial charge in [0.05, 0.1) is 6.20 Å². The molecule has 1 aromatic carbocycles. The molecule has 0 atom stereocenters. The van der Waals surface area contributed by atoms with Gasteiger partial charge in [-0.15, -0.1) is 0 Å². The van der Waals surface area contributed by atoms with Gasteiger partial charge in [-0.05, 0) is 24.7 Å². The van der Waals surface area contributed by atoms with E-state index in [1.54, 1.807) is 16.8 Å². The van der Waals surface area contributed by atoms with Gasteiger partial charge >= 0.3 is 0 Å². The molecule has 0 aliphatic heterocycles. The lowest BCUT2D eigenvalue weighted by Gasteiger charge is -2.17. The third-order valence-electron chi connectivity index (χ3n) is 3.10. The molecule has 1 amide bonds. The van der Waals surface area contributed by atoms with Crippen molar-refractivity contribution in [2.24, 2.45) is 12.9 Å². The summed E-state index contributed by atoms with van der Waals surface area (Å²) in [5.74, 6) is 4.83. The fraction of sp³-hybridized carbons (Fsp3) is 0.286. The molecule has 3 N–H and O–H groups in total. The first-order valence-corrected chi connectivity index (χ1v) is 7.24. The van der Waals surface area contributed by atoms with Gasteiger partial charge in [0.25, 0.3) is 5.91 Å². The van der Waals surface area contributed by atoms with Gasteiger partial charge in [0, 0.05) is 41.9 Å². The van der Waals surface area contributed by atoms with Crippen LogP contribution >= 0.6 is 15.9 Å². The largest absolute Gasteiger partial charge is 0.298 e. The van der Waals surface area contributed by atoms with Crippen LogP contribution in [0, 0.1) is 0 Å². The molecule has 0 saturated carbocycles. The number of carbonyl (C=O) groups excluding carboxylic acids is 1. The van der Waals surface area contributed by atoms with E-state index in [4.69, 9.17) is 5.84 Å². The van der Waals surface area contributed by atoms with Crippen LogP contribution in [0.1, 0.15) is 21.5 Å². The van der Waals surface area contributed by atoms with Crippen LogP contribution in [0.15, 0.2) is 35.1 Å². The molecule has 0 bridgehead atoms. The highest BCUT2D eigenvalue weighted by molar-refractivity contribution is 9.10. The van der Waals surface area contributed by atoms with Crippen molar-refractivity contribution in [1.29, 1.82) is 0 Å². The summed E-state index contributed by atoms with van der Waals surface area (Å²) in [6.45, 7) is 1.57. The minimum atomic E-state index is -0.300. The van der Waals surface area contributed by atoms with E-state index in [-0.39, 0.29) is 5.91 Å². The quantitative estimate of drug-likeness (QED) is 0.485. The molecule has 2 rings (SSSR count).